The molecule has 0 aliphatic rings. The smallest absolute Gasteiger partial charge is 0.272 e. The van der Waals surface area contributed by atoms with E-state index in [-0.39, 0.29) is 17.6 Å². The first-order valence-corrected chi connectivity index (χ1v) is 9.03. The fraction of sp³-hybridized carbons (Fsp3) is 0.263. The van der Waals surface area contributed by atoms with Crippen molar-refractivity contribution in [2.45, 2.75) is 32.5 Å². The van der Waals surface area contributed by atoms with Crippen molar-refractivity contribution >= 4 is 17.5 Å². The molecule has 0 aliphatic carbocycles. The van der Waals surface area contributed by atoms with Gasteiger partial charge in [0, 0.05) is 17.8 Å². The van der Waals surface area contributed by atoms with Crippen molar-refractivity contribution in [1.82, 2.24) is 25.3 Å². The number of aromatic amines is 1. The van der Waals surface area contributed by atoms with Gasteiger partial charge < -0.3 is 10.4 Å². The number of H-pyrrole nitrogens is 1. The van der Waals surface area contributed by atoms with Gasteiger partial charge in [-0.1, -0.05) is 17.7 Å². The number of amides is 1. The zero-order valence-corrected chi connectivity index (χ0v) is 16.1. The molecule has 1 aromatic carbocycles. The van der Waals surface area contributed by atoms with Gasteiger partial charge in [-0.05, 0) is 38.1 Å². The molecule has 3 aromatic rings. The van der Waals surface area contributed by atoms with Gasteiger partial charge in [-0.2, -0.15) is 15.5 Å². The van der Waals surface area contributed by atoms with E-state index in [0.717, 1.165) is 11.3 Å². The number of rotatable bonds is 6. The summed E-state index contributed by atoms with van der Waals surface area (Å²) in [7, 11) is 0. The molecule has 3 rings (SSSR count). The Morgan fingerprint density at radius 2 is 2.18 bits per heavy atom. The quantitative estimate of drug-likeness (QED) is 0.589. The van der Waals surface area contributed by atoms with Crippen molar-refractivity contribution in [1.29, 1.82) is 5.26 Å². The van der Waals surface area contributed by atoms with Gasteiger partial charge in [-0.3, -0.25) is 14.6 Å². The minimum atomic E-state index is -0.718. The molecule has 0 fully saturated rings. The summed E-state index contributed by atoms with van der Waals surface area (Å²) < 4.78 is 1.72. The Morgan fingerprint density at radius 3 is 2.82 bits per heavy atom. The molecule has 0 radical (unpaired) electrons. The summed E-state index contributed by atoms with van der Waals surface area (Å²) in [5.41, 5.74) is 2.64. The van der Waals surface area contributed by atoms with Crippen LogP contribution in [0.2, 0.25) is 5.02 Å². The number of aliphatic hydroxyl groups is 1. The van der Waals surface area contributed by atoms with Gasteiger partial charge in [0.25, 0.3) is 5.91 Å². The van der Waals surface area contributed by atoms with Crippen LogP contribution in [0.25, 0.3) is 11.3 Å². The maximum absolute atomic E-state index is 12.3. The van der Waals surface area contributed by atoms with Crippen LogP contribution in [0.3, 0.4) is 0 Å². The average molecular weight is 399 g/mol. The molecule has 1 amide bonds. The highest BCUT2D eigenvalue weighted by Gasteiger charge is 2.16. The highest BCUT2D eigenvalue weighted by molar-refractivity contribution is 6.32. The van der Waals surface area contributed by atoms with Crippen molar-refractivity contribution in [3.8, 4) is 17.3 Å². The van der Waals surface area contributed by atoms with Gasteiger partial charge in [0.15, 0.2) is 0 Å². The lowest BCUT2D eigenvalue weighted by Crippen LogP contribution is -2.36. The van der Waals surface area contributed by atoms with Gasteiger partial charge in [-0.25, -0.2) is 0 Å². The molecule has 3 N–H and O–H groups in total. The molecule has 0 aliphatic heterocycles. The molecule has 0 saturated heterocycles. The maximum Gasteiger partial charge on any atom is 0.272 e. The third-order valence-corrected chi connectivity index (χ3v) is 4.46. The van der Waals surface area contributed by atoms with E-state index in [1.54, 1.807) is 29.8 Å². The van der Waals surface area contributed by atoms with Crippen molar-refractivity contribution in [3.63, 3.8) is 0 Å². The second kappa shape index (κ2) is 8.25. The number of benzene rings is 1. The minimum absolute atomic E-state index is 0.198. The van der Waals surface area contributed by atoms with E-state index >= 15 is 0 Å². The summed E-state index contributed by atoms with van der Waals surface area (Å²) in [6.45, 7) is 3.91. The maximum atomic E-state index is 12.3. The summed E-state index contributed by atoms with van der Waals surface area (Å²) in [6.07, 6.45) is 1.09. The van der Waals surface area contributed by atoms with E-state index in [2.05, 4.69) is 20.6 Å². The third kappa shape index (κ3) is 4.39. The summed E-state index contributed by atoms with van der Waals surface area (Å²) in [6, 6.07) is 10.3. The highest BCUT2D eigenvalue weighted by atomic mass is 35.5. The van der Waals surface area contributed by atoms with Gasteiger partial charge in [-0.15, -0.1) is 0 Å². The predicted octanol–water partition coefficient (Wildman–Crippen LogP) is 2.67. The number of halogens is 1. The lowest BCUT2D eigenvalue weighted by Gasteiger charge is -2.13. The Kier molecular flexibility index (Phi) is 5.78. The number of carbonyl (C=O) groups excluding carboxylic acids is 1. The Morgan fingerprint density at radius 1 is 1.39 bits per heavy atom. The van der Waals surface area contributed by atoms with E-state index in [4.69, 9.17) is 16.9 Å². The first-order chi connectivity index (χ1) is 13.4. The topological polar surface area (TPSA) is 120 Å². The van der Waals surface area contributed by atoms with Crippen LogP contribution in [-0.2, 0) is 6.54 Å². The Balaban J connectivity index is 1.63. The van der Waals surface area contributed by atoms with Crippen molar-refractivity contribution < 1.29 is 9.90 Å². The second-order valence-corrected chi connectivity index (χ2v) is 6.90. The van der Waals surface area contributed by atoms with Gasteiger partial charge in [0.05, 0.1) is 34.6 Å². The molecular weight excluding hydrogens is 380 g/mol. The monoisotopic (exact) mass is 398 g/mol. The summed E-state index contributed by atoms with van der Waals surface area (Å²) in [4.78, 5) is 12.3. The Bertz CT molecular complexity index is 1030. The van der Waals surface area contributed by atoms with Gasteiger partial charge >= 0.3 is 0 Å². The van der Waals surface area contributed by atoms with E-state index in [1.165, 1.54) is 6.07 Å². The van der Waals surface area contributed by atoms with Crippen molar-refractivity contribution in [3.05, 3.63) is 58.5 Å². The highest BCUT2D eigenvalue weighted by Crippen LogP contribution is 2.24. The van der Waals surface area contributed by atoms with Crippen LogP contribution < -0.4 is 5.32 Å². The number of hydrogen-bond donors (Lipinski definition) is 3. The molecule has 2 atom stereocenters. The number of carbonyl (C=O) groups is 1. The number of aliphatic hydroxyl groups excluding tert-OH is 1. The van der Waals surface area contributed by atoms with Crippen LogP contribution in [0.4, 0.5) is 0 Å². The van der Waals surface area contributed by atoms with E-state index in [1.807, 2.05) is 25.3 Å². The van der Waals surface area contributed by atoms with Crippen molar-refractivity contribution in [2.24, 2.45) is 0 Å². The fourth-order valence-corrected chi connectivity index (χ4v) is 2.90. The van der Waals surface area contributed by atoms with Gasteiger partial charge in [0.1, 0.15) is 11.8 Å². The van der Waals surface area contributed by atoms with Crippen LogP contribution in [0, 0.1) is 11.3 Å². The number of hydrogen-bond acceptors (Lipinski definition) is 5. The Labute approximate surface area is 166 Å². The summed E-state index contributed by atoms with van der Waals surface area (Å²) in [5, 5.41) is 32.7. The van der Waals surface area contributed by atoms with E-state index in [0.29, 0.717) is 22.8 Å². The lowest BCUT2D eigenvalue weighted by molar-refractivity contribution is 0.0931. The largest absolute Gasteiger partial charge is 0.387 e. The van der Waals surface area contributed by atoms with Crippen LogP contribution in [0.5, 0.6) is 0 Å². The van der Waals surface area contributed by atoms with Crippen LogP contribution in [0.15, 0.2) is 36.5 Å². The van der Waals surface area contributed by atoms with Crippen LogP contribution in [0.1, 0.15) is 41.7 Å². The SMILES string of the molecule is C[C@H](Cn1ccc(-c2ccc(C#N)c(Cl)c2)n1)NC(=O)c1cc([C@H](C)O)[nH]n1. The predicted molar refractivity (Wildman–Crippen MR) is 104 cm³/mol. The zero-order chi connectivity index (χ0) is 20.3. The molecule has 0 spiro atoms. The first-order valence-electron chi connectivity index (χ1n) is 8.65. The van der Waals surface area contributed by atoms with Crippen LogP contribution >= 0.6 is 11.6 Å². The molecule has 2 aromatic heterocycles. The summed E-state index contributed by atoms with van der Waals surface area (Å²) in [5.74, 6) is -0.332. The normalized spacial score (nSPS) is 13.0. The molecule has 0 unspecified atom stereocenters. The van der Waals surface area contributed by atoms with Gasteiger partial charge in [0.2, 0.25) is 0 Å². The number of nitrogens with zero attached hydrogens (tertiary/aromatic N) is 4. The molecule has 2 heterocycles. The minimum Gasteiger partial charge on any atom is -0.387 e. The lowest BCUT2D eigenvalue weighted by atomic mass is 10.1. The Hall–Kier alpha value is -3.15. The molecule has 144 valence electrons. The molecule has 0 bridgehead atoms. The van der Waals surface area contributed by atoms with Crippen molar-refractivity contribution in [2.75, 3.05) is 0 Å². The number of nitrogens with one attached hydrogen (secondary N) is 2. The molecule has 28 heavy (non-hydrogen) atoms. The fourth-order valence-electron chi connectivity index (χ4n) is 2.67. The van der Waals surface area contributed by atoms with Crippen LogP contribution in [-0.4, -0.2) is 37.0 Å². The summed E-state index contributed by atoms with van der Waals surface area (Å²) >= 11 is 6.08. The van der Waals surface area contributed by atoms with E-state index in [9.17, 15) is 9.90 Å². The zero-order valence-electron chi connectivity index (χ0n) is 15.3. The number of nitriles is 1. The number of aromatic nitrogens is 4. The molecule has 9 heteroatoms. The molecule has 0 saturated carbocycles. The standard InChI is InChI=1S/C19H19ClN6O2/c1-11(22-19(28)18-8-17(12(2)27)23-24-18)10-26-6-5-16(25-26)13-3-4-14(9-21)15(20)7-13/h3-8,11-12,27H,10H2,1-2H3,(H,22,28)(H,23,24)/t11-,12+/m1/s1. The molecule has 8 nitrogen and oxygen atoms in total. The molecular formula is C19H19ClN6O2. The second-order valence-electron chi connectivity index (χ2n) is 6.49. The third-order valence-electron chi connectivity index (χ3n) is 4.14. The first kappa shape index (κ1) is 19.6. The average Bonchev–Trinajstić information content (AvgIpc) is 3.31. The van der Waals surface area contributed by atoms with E-state index < -0.39 is 6.10 Å².